The Balaban J connectivity index is 1.70. The van der Waals surface area contributed by atoms with Gasteiger partial charge in [-0.25, -0.2) is 0 Å². The van der Waals surface area contributed by atoms with Crippen molar-refractivity contribution in [1.29, 1.82) is 0 Å². The summed E-state index contributed by atoms with van der Waals surface area (Å²) in [6, 6.07) is 10.9. The van der Waals surface area contributed by atoms with E-state index in [1.165, 1.54) is 41.4 Å². The molecule has 0 spiro atoms. The summed E-state index contributed by atoms with van der Waals surface area (Å²) < 4.78 is 1.33. The summed E-state index contributed by atoms with van der Waals surface area (Å²) in [4.78, 5) is 2.62. The van der Waals surface area contributed by atoms with E-state index >= 15 is 0 Å². The lowest BCUT2D eigenvalue weighted by atomic mass is 9.82. The SMILES string of the molecule is CN1C2CCCC1CC(Nc1ccccc1I)C2. The number of para-hydroxylation sites is 1. The Morgan fingerprint density at radius 3 is 2.50 bits per heavy atom. The third kappa shape index (κ3) is 2.52. The lowest BCUT2D eigenvalue weighted by Crippen LogP contribution is -2.52. The Morgan fingerprint density at radius 2 is 1.83 bits per heavy atom. The standard InChI is InChI=1S/C15H21IN2/c1-18-12-5-4-6-13(18)10-11(9-12)17-15-8-3-2-7-14(15)16/h2-3,7-8,11-13,17H,4-6,9-10H2,1H3. The Kier molecular flexibility index (Phi) is 3.80. The summed E-state index contributed by atoms with van der Waals surface area (Å²) in [5.74, 6) is 0. The molecule has 18 heavy (non-hydrogen) atoms. The minimum absolute atomic E-state index is 0.660. The molecule has 1 N–H and O–H groups in total. The van der Waals surface area contributed by atoms with Gasteiger partial charge in [0.25, 0.3) is 0 Å². The van der Waals surface area contributed by atoms with Crippen LogP contribution in [0.4, 0.5) is 5.69 Å². The monoisotopic (exact) mass is 356 g/mol. The second-order valence-electron chi connectivity index (χ2n) is 5.70. The Hall–Kier alpha value is -0.290. The van der Waals surface area contributed by atoms with Crippen LogP contribution in [-0.4, -0.2) is 30.1 Å². The van der Waals surface area contributed by atoms with Gasteiger partial charge in [0.05, 0.1) is 0 Å². The van der Waals surface area contributed by atoms with E-state index in [-0.39, 0.29) is 0 Å². The van der Waals surface area contributed by atoms with Crippen LogP contribution >= 0.6 is 22.6 Å². The predicted molar refractivity (Wildman–Crippen MR) is 85.0 cm³/mol. The molecule has 0 aromatic heterocycles. The lowest BCUT2D eigenvalue weighted by molar-refractivity contribution is 0.0608. The van der Waals surface area contributed by atoms with Gasteiger partial charge < -0.3 is 10.2 Å². The molecule has 0 saturated carbocycles. The molecule has 2 bridgehead atoms. The quantitative estimate of drug-likeness (QED) is 0.813. The molecule has 2 unspecified atom stereocenters. The number of rotatable bonds is 2. The highest BCUT2D eigenvalue weighted by Gasteiger charge is 2.35. The largest absolute Gasteiger partial charge is 0.381 e. The van der Waals surface area contributed by atoms with Gasteiger partial charge in [0.2, 0.25) is 0 Å². The first-order valence-electron chi connectivity index (χ1n) is 6.97. The van der Waals surface area contributed by atoms with Crippen LogP contribution in [0.15, 0.2) is 24.3 Å². The minimum Gasteiger partial charge on any atom is -0.381 e. The van der Waals surface area contributed by atoms with E-state index in [4.69, 9.17) is 0 Å². The molecule has 0 radical (unpaired) electrons. The molecule has 1 aromatic rings. The summed E-state index contributed by atoms with van der Waals surface area (Å²) >= 11 is 2.42. The van der Waals surface area contributed by atoms with Gasteiger partial charge in [0.1, 0.15) is 0 Å². The molecule has 2 aliphatic rings. The number of anilines is 1. The topological polar surface area (TPSA) is 15.3 Å². The first-order valence-corrected chi connectivity index (χ1v) is 8.05. The summed E-state index contributed by atoms with van der Waals surface area (Å²) in [6.45, 7) is 0. The summed E-state index contributed by atoms with van der Waals surface area (Å²) in [5.41, 5.74) is 1.31. The fourth-order valence-electron chi connectivity index (χ4n) is 3.53. The normalized spacial score (nSPS) is 32.2. The third-order valence-corrected chi connectivity index (χ3v) is 5.51. The van der Waals surface area contributed by atoms with E-state index in [0.29, 0.717) is 6.04 Å². The van der Waals surface area contributed by atoms with Gasteiger partial charge in [-0.15, -0.1) is 0 Å². The average Bonchev–Trinajstić information content (AvgIpc) is 2.33. The zero-order chi connectivity index (χ0) is 12.5. The number of benzene rings is 1. The molecule has 1 aromatic carbocycles. The van der Waals surface area contributed by atoms with Crippen molar-refractivity contribution >= 4 is 28.3 Å². The van der Waals surface area contributed by atoms with E-state index in [9.17, 15) is 0 Å². The maximum absolute atomic E-state index is 3.76. The molecule has 2 saturated heterocycles. The van der Waals surface area contributed by atoms with E-state index in [1.54, 1.807) is 0 Å². The molecule has 3 heteroatoms. The summed E-state index contributed by atoms with van der Waals surface area (Å²) in [5, 5.41) is 3.76. The van der Waals surface area contributed by atoms with E-state index in [1.807, 2.05) is 0 Å². The highest BCUT2D eigenvalue weighted by atomic mass is 127. The van der Waals surface area contributed by atoms with Crippen molar-refractivity contribution in [2.75, 3.05) is 12.4 Å². The number of fused-ring (bicyclic) bond motifs is 2. The van der Waals surface area contributed by atoms with Crippen LogP contribution in [0.1, 0.15) is 32.1 Å². The third-order valence-electron chi connectivity index (χ3n) is 4.57. The van der Waals surface area contributed by atoms with Crippen LogP contribution in [0.2, 0.25) is 0 Å². The van der Waals surface area contributed by atoms with Crippen molar-refractivity contribution in [1.82, 2.24) is 4.90 Å². The highest BCUT2D eigenvalue weighted by molar-refractivity contribution is 14.1. The molecular weight excluding hydrogens is 335 g/mol. The molecule has 2 atom stereocenters. The van der Waals surface area contributed by atoms with Gasteiger partial charge >= 0.3 is 0 Å². The fourth-order valence-corrected chi connectivity index (χ4v) is 4.07. The molecule has 2 heterocycles. The van der Waals surface area contributed by atoms with Crippen molar-refractivity contribution < 1.29 is 0 Å². The second-order valence-corrected chi connectivity index (χ2v) is 6.86. The van der Waals surface area contributed by atoms with Gasteiger partial charge in [-0.3, -0.25) is 0 Å². The summed E-state index contributed by atoms with van der Waals surface area (Å²) in [6.07, 6.45) is 6.80. The number of hydrogen-bond acceptors (Lipinski definition) is 2. The van der Waals surface area contributed by atoms with Gasteiger partial charge in [-0.1, -0.05) is 18.6 Å². The fraction of sp³-hybridized carbons (Fsp3) is 0.600. The van der Waals surface area contributed by atoms with Crippen LogP contribution in [0, 0.1) is 3.57 Å². The van der Waals surface area contributed by atoms with Crippen LogP contribution in [-0.2, 0) is 0 Å². The molecule has 2 nitrogen and oxygen atoms in total. The van der Waals surface area contributed by atoms with Gasteiger partial charge in [-0.05, 0) is 67.5 Å². The Morgan fingerprint density at radius 1 is 1.17 bits per heavy atom. The van der Waals surface area contributed by atoms with Crippen molar-refractivity contribution in [3.63, 3.8) is 0 Å². The van der Waals surface area contributed by atoms with Gasteiger partial charge in [0, 0.05) is 27.4 Å². The Labute approximate surface area is 123 Å². The molecule has 2 fully saturated rings. The minimum atomic E-state index is 0.660. The molecule has 2 aliphatic heterocycles. The number of halogens is 1. The number of piperidine rings is 2. The molecule has 0 aliphatic carbocycles. The lowest BCUT2D eigenvalue weighted by Gasteiger charge is -2.47. The molecular formula is C15H21IN2. The van der Waals surface area contributed by atoms with Gasteiger partial charge in [-0.2, -0.15) is 0 Å². The molecule has 0 amide bonds. The maximum Gasteiger partial charge on any atom is 0.0478 e. The van der Waals surface area contributed by atoms with E-state index in [2.05, 4.69) is 64.1 Å². The highest BCUT2D eigenvalue weighted by Crippen LogP contribution is 2.34. The Bertz CT molecular complexity index is 407. The molecule has 3 rings (SSSR count). The van der Waals surface area contributed by atoms with Crippen molar-refractivity contribution in [2.24, 2.45) is 0 Å². The van der Waals surface area contributed by atoms with Crippen molar-refractivity contribution in [3.8, 4) is 0 Å². The first kappa shape index (κ1) is 12.7. The van der Waals surface area contributed by atoms with E-state index < -0.39 is 0 Å². The van der Waals surface area contributed by atoms with Crippen molar-refractivity contribution in [3.05, 3.63) is 27.8 Å². The number of nitrogens with one attached hydrogen (secondary N) is 1. The maximum atomic E-state index is 3.76. The van der Waals surface area contributed by atoms with Crippen LogP contribution in [0.25, 0.3) is 0 Å². The zero-order valence-corrected chi connectivity index (χ0v) is 13.1. The summed E-state index contributed by atoms with van der Waals surface area (Å²) in [7, 11) is 2.32. The predicted octanol–water partition coefficient (Wildman–Crippen LogP) is 3.72. The smallest absolute Gasteiger partial charge is 0.0478 e. The first-order chi connectivity index (χ1) is 8.74. The van der Waals surface area contributed by atoms with Gasteiger partial charge in [0.15, 0.2) is 0 Å². The van der Waals surface area contributed by atoms with Crippen LogP contribution in [0.3, 0.4) is 0 Å². The average molecular weight is 356 g/mol. The number of hydrogen-bond donors (Lipinski definition) is 1. The second kappa shape index (κ2) is 5.37. The number of nitrogens with zero attached hydrogens (tertiary/aromatic N) is 1. The van der Waals surface area contributed by atoms with Crippen LogP contribution in [0.5, 0.6) is 0 Å². The zero-order valence-electron chi connectivity index (χ0n) is 10.9. The molecule has 98 valence electrons. The van der Waals surface area contributed by atoms with Crippen molar-refractivity contribution in [2.45, 2.75) is 50.2 Å². The van der Waals surface area contributed by atoms with Crippen LogP contribution < -0.4 is 5.32 Å². The van der Waals surface area contributed by atoms with E-state index in [0.717, 1.165) is 12.1 Å².